The highest BCUT2D eigenvalue weighted by Crippen LogP contribution is 2.31. The molecule has 3 heteroatoms. The number of para-hydroxylation sites is 1. The van der Waals surface area contributed by atoms with E-state index in [0.29, 0.717) is 17.9 Å². The van der Waals surface area contributed by atoms with Gasteiger partial charge in [-0.1, -0.05) is 12.1 Å². The van der Waals surface area contributed by atoms with Crippen molar-refractivity contribution < 1.29 is 14.6 Å². The Morgan fingerprint density at radius 1 is 1.29 bits per heavy atom. The third-order valence-corrected chi connectivity index (χ3v) is 2.00. The molecule has 0 aromatic heterocycles. The summed E-state index contributed by atoms with van der Waals surface area (Å²) in [4.78, 5) is 0. The van der Waals surface area contributed by atoms with E-state index in [2.05, 4.69) is 0 Å². The summed E-state index contributed by atoms with van der Waals surface area (Å²) in [5.74, 6) is 1.40. The molecular formula is C11H16O3. The molecule has 0 saturated heterocycles. The monoisotopic (exact) mass is 196 g/mol. The molecule has 1 N–H and O–H groups in total. The van der Waals surface area contributed by atoms with Gasteiger partial charge < -0.3 is 14.6 Å². The topological polar surface area (TPSA) is 38.7 Å². The molecule has 0 fully saturated rings. The summed E-state index contributed by atoms with van der Waals surface area (Å²) in [5.41, 5.74) is 0.960. The maximum atomic E-state index is 9.29. The van der Waals surface area contributed by atoms with Crippen LogP contribution in [-0.4, -0.2) is 25.4 Å². The molecular weight excluding hydrogens is 180 g/mol. The Bertz CT molecular complexity index is 295. The van der Waals surface area contributed by atoms with Crippen LogP contribution in [0, 0.1) is 0 Å². The number of methoxy groups -OCH3 is 2. The molecule has 0 amide bonds. The second kappa shape index (κ2) is 4.86. The highest BCUT2D eigenvalue weighted by Gasteiger charge is 2.10. The molecule has 1 atom stereocenters. The number of rotatable bonds is 4. The first-order chi connectivity index (χ1) is 6.69. The number of aliphatic hydroxyl groups excluding tert-OH is 1. The zero-order valence-electron chi connectivity index (χ0n) is 8.78. The van der Waals surface area contributed by atoms with Gasteiger partial charge in [0.05, 0.1) is 20.3 Å². The van der Waals surface area contributed by atoms with Gasteiger partial charge in [-0.2, -0.15) is 0 Å². The highest BCUT2D eigenvalue weighted by atomic mass is 16.5. The predicted molar refractivity (Wildman–Crippen MR) is 54.9 cm³/mol. The smallest absolute Gasteiger partial charge is 0.163 e. The molecule has 0 heterocycles. The Morgan fingerprint density at radius 2 is 2.00 bits per heavy atom. The van der Waals surface area contributed by atoms with Crippen molar-refractivity contribution >= 4 is 0 Å². The number of ether oxygens (including phenoxy) is 2. The number of hydrogen-bond donors (Lipinski definition) is 1. The lowest BCUT2D eigenvalue weighted by molar-refractivity contribution is 0.194. The maximum Gasteiger partial charge on any atom is 0.163 e. The van der Waals surface area contributed by atoms with Crippen molar-refractivity contribution in [3.05, 3.63) is 23.8 Å². The van der Waals surface area contributed by atoms with E-state index < -0.39 is 0 Å². The Morgan fingerprint density at radius 3 is 2.50 bits per heavy atom. The lowest BCUT2D eigenvalue weighted by Gasteiger charge is -2.13. The molecule has 0 bridgehead atoms. The van der Waals surface area contributed by atoms with Crippen LogP contribution in [0.2, 0.25) is 0 Å². The summed E-state index contributed by atoms with van der Waals surface area (Å²) in [7, 11) is 3.20. The third-order valence-electron chi connectivity index (χ3n) is 2.00. The Labute approximate surface area is 84.3 Å². The van der Waals surface area contributed by atoms with Crippen LogP contribution < -0.4 is 9.47 Å². The van der Waals surface area contributed by atoms with Crippen LogP contribution in [0.3, 0.4) is 0 Å². The summed E-state index contributed by atoms with van der Waals surface area (Å²) >= 11 is 0. The van der Waals surface area contributed by atoms with Crippen molar-refractivity contribution in [2.75, 3.05) is 14.2 Å². The van der Waals surface area contributed by atoms with E-state index in [9.17, 15) is 5.11 Å². The average molecular weight is 196 g/mol. The predicted octanol–water partition coefficient (Wildman–Crippen LogP) is 1.63. The van der Waals surface area contributed by atoms with E-state index in [1.807, 2.05) is 18.2 Å². The molecule has 0 aliphatic rings. The normalized spacial score (nSPS) is 12.3. The lowest BCUT2D eigenvalue weighted by atomic mass is 10.1. The van der Waals surface area contributed by atoms with Crippen LogP contribution in [0.15, 0.2) is 18.2 Å². The number of benzene rings is 1. The van der Waals surface area contributed by atoms with Crippen molar-refractivity contribution in [2.45, 2.75) is 19.4 Å². The molecule has 3 nitrogen and oxygen atoms in total. The number of aliphatic hydroxyl groups is 1. The first-order valence-corrected chi connectivity index (χ1v) is 4.57. The second-order valence-corrected chi connectivity index (χ2v) is 3.21. The molecule has 0 aliphatic heterocycles. The lowest BCUT2D eigenvalue weighted by Crippen LogP contribution is -2.06. The molecule has 78 valence electrons. The summed E-state index contributed by atoms with van der Waals surface area (Å²) in [6, 6.07) is 5.65. The van der Waals surface area contributed by atoms with E-state index in [1.54, 1.807) is 21.1 Å². The van der Waals surface area contributed by atoms with Gasteiger partial charge in [0, 0.05) is 12.0 Å². The van der Waals surface area contributed by atoms with E-state index in [-0.39, 0.29) is 6.10 Å². The Hall–Kier alpha value is -1.22. The summed E-state index contributed by atoms with van der Waals surface area (Å²) in [6.45, 7) is 1.75. The van der Waals surface area contributed by atoms with Gasteiger partial charge in [-0.15, -0.1) is 0 Å². The first kappa shape index (κ1) is 10.9. The van der Waals surface area contributed by atoms with Gasteiger partial charge in [-0.05, 0) is 13.0 Å². The standard InChI is InChI=1S/C11H16O3/c1-8(12)7-9-5-4-6-10(13-2)11(9)14-3/h4-6,8,12H,7H2,1-3H3/t8-/m0/s1. The van der Waals surface area contributed by atoms with E-state index in [0.717, 1.165) is 5.56 Å². The summed E-state index contributed by atoms with van der Waals surface area (Å²) in [6.07, 6.45) is 0.191. The van der Waals surface area contributed by atoms with Gasteiger partial charge in [0.1, 0.15) is 0 Å². The van der Waals surface area contributed by atoms with Crippen molar-refractivity contribution in [1.29, 1.82) is 0 Å². The fourth-order valence-electron chi connectivity index (χ4n) is 1.43. The molecule has 0 saturated carbocycles. The van der Waals surface area contributed by atoms with Crippen LogP contribution in [0.25, 0.3) is 0 Å². The second-order valence-electron chi connectivity index (χ2n) is 3.21. The molecule has 0 spiro atoms. The SMILES string of the molecule is COc1cccc(C[C@H](C)O)c1OC. The van der Waals surface area contributed by atoms with E-state index in [1.165, 1.54) is 0 Å². The highest BCUT2D eigenvalue weighted by molar-refractivity contribution is 5.46. The minimum absolute atomic E-state index is 0.379. The zero-order chi connectivity index (χ0) is 10.6. The van der Waals surface area contributed by atoms with Crippen molar-refractivity contribution in [3.8, 4) is 11.5 Å². The van der Waals surface area contributed by atoms with Gasteiger partial charge in [0.15, 0.2) is 11.5 Å². The zero-order valence-corrected chi connectivity index (χ0v) is 8.78. The van der Waals surface area contributed by atoms with Crippen LogP contribution >= 0.6 is 0 Å². The molecule has 1 rings (SSSR count). The van der Waals surface area contributed by atoms with Crippen molar-refractivity contribution in [1.82, 2.24) is 0 Å². The van der Waals surface area contributed by atoms with Crippen LogP contribution in [0.4, 0.5) is 0 Å². The average Bonchev–Trinajstić information content (AvgIpc) is 2.16. The summed E-state index contributed by atoms with van der Waals surface area (Å²) < 4.78 is 10.4. The molecule has 0 radical (unpaired) electrons. The number of hydrogen-bond acceptors (Lipinski definition) is 3. The van der Waals surface area contributed by atoms with Crippen LogP contribution in [-0.2, 0) is 6.42 Å². The van der Waals surface area contributed by atoms with Crippen LogP contribution in [0.1, 0.15) is 12.5 Å². The minimum Gasteiger partial charge on any atom is -0.493 e. The van der Waals surface area contributed by atoms with Gasteiger partial charge >= 0.3 is 0 Å². The Kier molecular flexibility index (Phi) is 3.77. The van der Waals surface area contributed by atoms with Gasteiger partial charge in [0.25, 0.3) is 0 Å². The fraction of sp³-hybridized carbons (Fsp3) is 0.455. The third kappa shape index (κ3) is 2.39. The van der Waals surface area contributed by atoms with Crippen LogP contribution in [0.5, 0.6) is 11.5 Å². The molecule has 14 heavy (non-hydrogen) atoms. The van der Waals surface area contributed by atoms with Gasteiger partial charge in [-0.25, -0.2) is 0 Å². The van der Waals surface area contributed by atoms with Crippen molar-refractivity contribution in [2.24, 2.45) is 0 Å². The van der Waals surface area contributed by atoms with E-state index >= 15 is 0 Å². The first-order valence-electron chi connectivity index (χ1n) is 4.57. The molecule has 0 aliphatic carbocycles. The minimum atomic E-state index is -0.379. The van der Waals surface area contributed by atoms with Crippen molar-refractivity contribution in [3.63, 3.8) is 0 Å². The maximum absolute atomic E-state index is 9.29. The molecule has 1 aromatic carbocycles. The quantitative estimate of drug-likeness (QED) is 0.795. The Balaban J connectivity index is 3.02. The van der Waals surface area contributed by atoms with Gasteiger partial charge in [-0.3, -0.25) is 0 Å². The largest absolute Gasteiger partial charge is 0.493 e. The fourth-order valence-corrected chi connectivity index (χ4v) is 1.43. The van der Waals surface area contributed by atoms with Gasteiger partial charge in [0.2, 0.25) is 0 Å². The van der Waals surface area contributed by atoms with E-state index in [4.69, 9.17) is 9.47 Å². The summed E-state index contributed by atoms with van der Waals surface area (Å²) in [5, 5.41) is 9.29. The molecule has 1 aromatic rings. The molecule has 0 unspecified atom stereocenters.